The molecule has 0 radical (unpaired) electrons. The van der Waals surface area contributed by atoms with Crippen LogP contribution in [0.3, 0.4) is 0 Å². The highest BCUT2D eigenvalue weighted by molar-refractivity contribution is 7.90. The first-order valence-electron chi connectivity index (χ1n) is 12.3. The maximum absolute atomic E-state index is 15.7. The van der Waals surface area contributed by atoms with Crippen molar-refractivity contribution in [2.45, 2.75) is 50.2 Å². The lowest BCUT2D eigenvalue weighted by Gasteiger charge is -2.17. The van der Waals surface area contributed by atoms with E-state index < -0.39 is 33.7 Å². The molecule has 0 bridgehead atoms. The molecule has 2 N–H and O–H groups in total. The number of benzene rings is 3. The normalized spacial score (nSPS) is 13.1. The molecule has 0 aliphatic carbocycles. The van der Waals surface area contributed by atoms with Gasteiger partial charge in [-0.15, -0.1) is 0 Å². The topological polar surface area (TPSA) is 92.4 Å². The lowest BCUT2D eigenvalue weighted by molar-refractivity contribution is 0.0741. The number of rotatable bonds is 8. The average Bonchev–Trinajstić information content (AvgIpc) is 3.31. The fourth-order valence-electron chi connectivity index (χ4n) is 4.50. The molecule has 0 aliphatic rings. The van der Waals surface area contributed by atoms with Crippen LogP contribution in [0.1, 0.15) is 49.3 Å². The molecule has 1 atom stereocenters. The summed E-state index contributed by atoms with van der Waals surface area (Å²) in [5.74, 6) is -1.44. The third-order valence-corrected chi connectivity index (χ3v) is 8.50. The SMILES string of the molecule is CC(Cc1c(Cl)cccc1Cl)c1nc(C(C)(C)O)cn1-c1ccc(-c2cc(F)c(CO)c(S(C)(=O)=O)c2)cc1F. The fraction of sp³-hybridized carbons (Fsp3) is 0.276. The summed E-state index contributed by atoms with van der Waals surface area (Å²) >= 11 is 12.8. The van der Waals surface area contributed by atoms with E-state index in [2.05, 4.69) is 4.98 Å². The van der Waals surface area contributed by atoms with Gasteiger partial charge >= 0.3 is 0 Å². The van der Waals surface area contributed by atoms with Crippen molar-refractivity contribution >= 4 is 33.0 Å². The number of sulfone groups is 1. The van der Waals surface area contributed by atoms with Crippen molar-refractivity contribution in [1.29, 1.82) is 0 Å². The summed E-state index contributed by atoms with van der Waals surface area (Å²) in [5, 5.41) is 21.1. The Hall–Kier alpha value is -2.82. The summed E-state index contributed by atoms with van der Waals surface area (Å²) < 4.78 is 56.4. The van der Waals surface area contributed by atoms with Crippen molar-refractivity contribution in [3.63, 3.8) is 0 Å². The van der Waals surface area contributed by atoms with Gasteiger partial charge in [0.25, 0.3) is 0 Å². The van der Waals surface area contributed by atoms with Crippen LogP contribution in [0.15, 0.2) is 59.6 Å². The summed E-state index contributed by atoms with van der Waals surface area (Å²) in [6.45, 7) is 4.23. The van der Waals surface area contributed by atoms with Crippen molar-refractivity contribution < 1.29 is 27.4 Å². The van der Waals surface area contributed by atoms with Gasteiger partial charge in [0.2, 0.25) is 0 Å². The van der Waals surface area contributed by atoms with Crippen molar-refractivity contribution in [2.75, 3.05) is 6.26 Å². The Morgan fingerprint density at radius 1 is 1.00 bits per heavy atom. The molecule has 11 heteroatoms. The van der Waals surface area contributed by atoms with Crippen LogP contribution in [-0.2, 0) is 28.5 Å². The zero-order chi connectivity index (χ0) is 29.6. The first-order valence-corrected chi connectivity index (χ1v) is 14.9. The van der Waals surface area contributed by atoms with Crippen molar-refractivity contribution in [1.82, 2.24) is 9.55 Å². The smallest absolute Gasteiger partial charge is 0.176 e. The Kier molecular flexibility index (Phi) is 8.45. The van der Waals surface area contributed by atoms with Crippen molar-refractivity contribution in [3.8, 4) is 16.8 Å². The van der Waals surface area contributed by atoms with E-state index in [1.165, 1.54) is 18.2 Å². The number of hydrogen-bond acceptors (Lipinski definition) is 5. The van der Waals surface area contributed by atoms with E-state index in [0.717, 1.165) is 18.4 Å². The minimum atomic E-state index is -3.87. The quantitative estimate of drug-likeness (QED) is 0.235. The molecule has 0 aliphatic heterocycles. The second kappa shape index (κ2) is 11.2. The lowest BCUT2D eigenvalue weighted by atomic mass is 9.99. The minimum absolute atomic E-state index is 0.120. The number of aromatic nitrogens is 2. The van der Waals surface area contributed by atoms with E-state index in [-0.39, 0.29) is 33.2 Å². The van der Waals surface area contributed by atoms with Crippen LogP contribution in [0.25, 0.3) is 16.8 Å². The predicted octanol–water partition coefficient (Wildman–Crippen LogP) is 6.59. The van der Waals surface area contributed by atoms with E-state index in [1.807, 2.05) is 6.92 Å². The summed E-state index contributed by atoms with van der Waals surface area (Å²) in [6, 6.07) is 11.6. The predicted molar refractivity (Wildman–Crippen MR) is 152 cm³/mol. The van der Waals surface area contributed by atoms with Gasteiger partial charge in [0.05, 0.1) is 22.9 Å². The van der Waals surface area contributed by atoms with Gasteiger partial charge in [-0.25, -0.2) is 22.2 Å². The Balaban J connectivity index is 1.81. The molecule has 3 aromatic carbocycles. The molecular formula is C29H28Cl2F2N2O4S. The second-order valence-corrected chi connectivity index (χ2v) is 13.0. The molecule has 6 nitrogen and oxygen atoms in total. The Morgan fingerprint density at radius 2 is 1.62 bits per heavy atom. The zero-order valence-electron chi connectivity index (χ0n) is 22.2. The Labute approximate surface area is 241 Å². The molecule has 1 aromatic heterocycles. The summed E-state index contributed by atoms with van der Waals surface area (Å²) in [4.78, 5) is 4.26. The van der Waals surface area contributed by atoms with Gasteiger partial charge in [-0.1, -0.05) is 42.3 Å². The van der Waals surface area contributed by atoms with Crippen LogP contribution in [0.2, 0.25) is 10.0 Å². The number of imidazole rings is 1. The highest BCUT2D eigenvalue weighted by Gasteiger charge is 2.27. The van der Waals surface area contributed by atoms with Crippen molar-refractivity contribution in [2.24, 2.45) is 0 Å². The standard InChI is InChI=1S/C29H28Cl2F2N2O4S/c1-16(10-19-21(30)6-5-7-22(19)31)28-34-27(29(2,3)37)14-35(28)25-9-8-17(11-24(25)33)18-12-23(32)20(15-36)26(13-18)40(4,38)39/h5-9,11-14,16,36-37H,10,15H2,1-4H3. The third-order valence-electron chi connectivity index (χ3n) is 6.63. The average molecular weight is 610 g/mol. The Bertz CT molecular complexity index is 1680. The summed E-state index contributed by atoms with van der Waals surface area (Å²) in [7, 11) is -3.87. The molecule has 0 saturated heterocycles. The van der Waals surface area contributed by atoms with Gasteiger partial charge < -0.3 is 14.8 Å². The van der Waals surface area contributed by atoms with Gasteiger partial charge in [0.15, 0.2) is 9.84 Å². The number of aliphatic hydroxyl groups excluding tert-OH is 1. The summed E-state index contributed by atoms with van der Waals surface area (Å²) in [5.41, 5.74) is -0.148. The van der Waals surface area contributed by atoms with Crippen LogP contribution < -0.4 is 0 Å². The van der Waals surface area contributed by atoms with E-state index in [0.29, 0.717) is 33.5 Å². The number of hydrogen-bond donors (Lipinski definition) is 2. The minimum Gasteiger partial charge on any atom is -0.392 e. The van der Waals surface area contributed by atoms with E-state index in [1.54, 1.807) is 42.8 Å². The maximum atomic E-state index is 15.7. The highest BCUT2D eigenvalue weighted by Crippen LogP contribution is 2.34. The number of halogens is 4. The second-order valence-electron chi connectivity index (χ2n) is 10.2. The number of aliphatic hydroxyl groups is 2. The van der Waals surface area contributed by atoms with Gasteiger partial charge in [-0.2, -0.15) is 0 Å². The molecule has 1 unspecified atom stereocenters. The zero-order valence-corrected chi connectivity index (χ0v) is 24.5. The Morgan fingerprint density at radius 3 is 2.17 bits per heavy atom. The maximum Gasteiger partial charge on any atom is 0.176 e. The van der Waals surface area contributed by atoms with Gasteiger partial charge in [-0.05, 0) is 73.4 Å². The largest absolute Gasteiger partial charge is 0.392 e. The fourth-order valence-corrected chi connectivity index (χ4v) is 6.00. The van der Waals surface area contributed by atoms with E-state index in [9.17, 15) is 23.0 Å². The van der Waals surface area contributed by atoms with E-state index >= 15 is 4.39 Å². The first kappa shape index (κ1) is 30.1. The first-order chi connectivity index (χ1) is 18.6. The van der Waals surface area contributed by atoms with Crippen LogP contribution in [0.5, 0.6) is 0 Å². The molecule has 4 rings (SSSR count). The van der Waals surface area contributed by atoms with Crippen molar-refractivity contribution in [3.05, 3.63) is 99.1 Å². The molecule has 0 saturated carbocycles. The number of nitrogens with zero attached hydrogens (tertiary/aromatic N) is 2. The van der Waals surface area contributed by atoms with Gasteiger partial charge in [0.1, 0.15) is 23.1 Å². The molecule has 40 heavy (non-hydrogen) atoms. The monoisotopic (exact) mass is 608 g/mol. The van der Waals surface area contributed by atoms with Gasteiger partial charge in [-0.3, -0.25) is 0 Å². The molecular weight excluding hydrogens is 581 g/mol. The molecule has 0 fully saturated rings. The van der Waals surface area contributed by atoms with Crippen LogP contribution in [-0.4, -0.2) is 34.4 Å². The van der Waals surface area contributed by atoms with Crippen LogP contribution >= 0.6 is 23.2 Å². The molecule has 1 heterocycles. The highest BCUT2D eigenvalue weighted by atomic mass is 35.5. The van der Waals surface area contributed by atoms with Gasteiger partial charge in [0, 0.05) is 34.0 Å². The summed E-state index contributed by atoms with van der Waals surface area (Å²) in [6.07, 6.45) is 2.85. The molecule has 0 spiro atoms. The molecule has 4 aromatic rings. The molecule has 212 valence electrons. The lowest BCUT2D eigenvalue weighted by Crippen LogP contribution is -2.16. The van der Waals surface area contributed by atoms with Crippen LogP contribution in [0.4, 0.5) is 8.78 Å². The molecule has 0 amide bonds. The van der Waals surface area contributed by atoms with Crippen LogP contribution in [0, 0.1) is 11.6 Å². The van der Waals surface area contributed by atoms with E-state index in [4.69, 9.17) is 23.2 Å². The third kappa shape index (κ3) is 6.09.